The monoisotopic (exact) mass is 508 g/mol. The lowest BCUT2D eigenvalue weighted by atomic mass is 9.81. The van der Waals surface area contributed by atoms with Crippen LogP contribution in [0.25, 0.3) is 0 Å². The number of thioether (sulfide) groups is 1. The minimum Gasteiger partial charge on any atom is -0.322 e. The number of hydrogen-bond donors (Lipinski definition) is 3. The van der Waals surface area contributed by atoms with Crippen LogP contribution in [0.2, 0.25) is 0 Å². The molecule has 1 unspecified atom stereocenters. The molecule has 0 spiro atoms. The Labute approximate surface area is 221 Å². The summed E-state index contributed by atoms with van der Waals surface area (Å²) in [6.07, 6.45) is 0.817. The van der Waals surface area contributed by atoms with E-state index in [0.29, 0.717) is 17.0 Å². The Morgan fingerprint density at radius 1 is 0.892 bits per heavy atom. The van der Waals surface area contributed by atoms with Crippen LogP contribution in [0.3, 0.4) is 0 Å². The Morgan fingerprint density at radius 2 is 1.57 bits per heavy atom. The molecule has 5 rings (SSSR count). The third-order valence-electron chi connectivity index (χ3n) is 6.47. The number of anilines is 2. The van der Waals surface area contributed by atoms with Crippen molar-refractivity contribution in [3.8, 4) is 0 Å². The molecule has 186 valence electrons. The summed E-state index contributed by atoms with van der Waals surface area (Å²) < 4.78 is 0. The van der Waals surface area contributed by atoms with E-state index < -0.39 is 0 Å². The predicted molar refractivity (Wildman–Crippen MR) is 152 cm³/mol. The van der Waals surface area contributed by atoms with Crippen LogP contribution in [0.5, 0.6) is 0 Å². The van der Waals surface area contributed by atoms with E-state index in [9.17, 15) is 9.59 Å². The van der Waals surface area contributed by atoms with Crippen molar-refractivity contribution in [3.63, 3.8) is 0 Å². The van der Waals surface area contributed by atoms with Crippen molar-refractivity contribution in [1.29, 1.82) is 0 Å². The van der Waals surface area contributed by atoms with Crippen LogP contribution >= 0.6 is 11.8 Å². The lowest BCUT2D eigenvalue weighted by molar-refractivity contribution is -0.113. The summed E-state index contributed by atoms with van der Waals surface area (Å²) in [6.45, 7) is 3.93. The zero-order valence-corrected chi connectivity index (χ0v) is 21.6. The van der Waals surface area contributed by atoms with E-state index in [0.717, 1.165) is 45.2 Å². The Hall–Kier alpha value is -4.10. The van der Waals surface area contributed by atoms with E-state index in [1.807, 2.05) is 91.9 Å². The Bertz CT molecular complexity index is 1430. The molecule has 3 N–H and O–H groups in total. The van der Waals surface area contributed by atoms with Gasteiger partial charge in [0.2, 0.25) is 0 Å². The minimum atomic E-state index is -0.356. The van der Waals surface area contributed by atoms with Gasteiger partial charge in [0.1, 0.15) is 5.04 Å². The molecule has 7 heteroatoms. The Morgan fingerprint density at radius 3 is 2.30 bits per heavy atom. The summed E-state index contributed by atoms with van der Waals surface area (Å²) in [5.74, 6) is 0.0114. The first-order chi connectivity index (χ1) is 18.0. The van der Waals surface area contributed by atoms with E-state index in [1.54, 1.807) is 11.8 Å². The number of allylic oxidation sites excluding steroid dienone is 1. The van der Waals surface area contributed by atoms with Gasteiger partial charge in [-0.15, -0.1) is 0 Å². The fourth-order valence-corrected chi connectivity index (χ4v) is 5.83. The highest BCUT2D eigenvalue weighted by Gasteiger charge is 2.39. The molecule has 3 amide bonds. The third-order valence-corrected chi connectivity index (χ3v) is 7.48. The first-order valence-corrected chi connectivity index (χ1v) is 13.3. The Balaban J connectivity index is 1.51. The molecule has 37 heavy (non-hydrogen) atoms. The molecule has 0 aliphatic carbocycles. The van der Waals surface area contributed by atoms with Crippen molar-refractivity contribution in [2.45, 2.75) is 26.2 Å². The van der Waals surface area contributed by atoms with Crippen LogP contribution in [0.1, 0.15) is 30.9 Å². The van der Waals surface area contributed by atoms with Crippen LogP contribution < -0.4 is 16.0 Å². The van der Waals surface area contributed by atoms with E-state index in [1.165, 1.54) is 0 Å². The number of hydrogen-bond acceptors (Lipinski definition) is 4. The predicted octanol–water partition coefficient (Wildman–Crippen LogP) is 6.48. The molecule has 0 radical (unpaired) electrons. The van der Waals surface area contributed by atoms with Gasteiger partial charge in [-0.1, -0.05) is 85.4 Å². The molecule has 6 nitrogen and oxygen atoms in total. The summed E-state index contributed by atoms with van der Waals surface area (Å²) in [4.78, 5) is 31.5. The smallest absolute Gasteiger partial charge is 0.322 e. The molecule has 0 bridgehead atoms. The van der Waals surface area contributed by atoms with Crippen LogP contribution in [0.4, 0.5) is 16.2 Å². The average Bonchev–Trinajstić information content (AvgIpc) is 3.30. The number of carbonyl (C=O) groups is 2. The first kappa shape index (κ1) is 24.6. The van der Waals surface area contributed by atoms with Gasteiger partial charge in [0.15, 0.2) is 0 Å². The molecule has 3 aromatic rings. The van der Waals surface area contributed by atoms with Crippen molar-refractivity contribution in [2.75, 3.05) is 16.4 Å². The molecule has 0 fully saturated rings. The number of aliphatic imine (C=N–C) groups is 1. The number of carbonyl (C=O) groups excluding carboxylic acids is 2. The van der Waals surface area contributed by atoms with Crippen molar-refractivity contribution >= 4 is 40.1 Å². The summed E-state index contributed by atoms with van der Waals surface area (Å²) >= 11 is 1.58. The number of aryl methyl sites for hydroxylation is 1. The lowest BCUT2D eigenvalue weighted by Crippen LogP contribution is -2.32. The van der Waals surface area contributed by atoms with Gasteiger partial charge in [-0.25, -0.2) is 9.79 Å². The minimum absolute atomic E-state index is 0.203. The fraction of sp³-hybridized carbons (Fsp3) is 0.167. The quantitative estimate of drug-likeness (QED) is 0.356. The summed E-state index contributed by atoms with van der Waals surface area (Å²) in [6, 6.07) is 26.8. The SMILES string of the molecule is CCc1ccccc1NC(=O)NC1=C2C(=NC(C)=C(C(=O)Nc3ccccc3)C2c2ccccc2)SC1. The third kappa shape index (κ3) is 5.22. The molecule has 0 saturated carbocycles. The van der Waals surface area contributed by atoms with Crippen LogP contribution in [-0.4, -0.2) is 22.7 Å². The van der Waals surface area contributed by atoms with E-state index >= 15 is 0 Å². The summed E-state index contributed by atoms with van der Waals surface area (Å²) in [5.41, 5.74) is 6.44. The maximum Gasteiger partial charge on any atom is 0.323 e. The van der Waals surface area contributed by atoms with E-state index in [4.69, 9.17) is 4.99 Å². The van der Waals surface area contributed by atoms with Crippen molar-refractivity contribution in [1.82, 2.24) is 5.32 Å². The zero-order valence-electron chi connectivity index (χ0n) is 20.7. The highest BCUT2D eigenvalue weighted by Crippen LogP contribution is 2.45. The number of benzene rings is 3. The van der Waals surface area contributed by atoms with E-state index in [-0.39, 0.29) is 17.9 Å². The van der Waals surface area contributed by atoms with Gasteiger partial charge >= 0.3 is 6.03 Å². The van der Waals surface area contributed by atoms with Gasteiger partial charge in [0.25, 0.3) is 5.91 Å². The molecule has 2 aliphatic rings. The maximum absolute atomic E-state index is 13.6. The van der Waals surface area contributed by atoms with Gasteiger partial charge < -0.3 is 16.0 Å². The number of nitrogens with one attached hydrogen (secondary N) is 3. The van der Waals surface area contributed by atoms with Crippen LogP contribution in [0, 0.1) is 0 Å². The molecule has 0 saturated heterocycles. The Kier molecular flexibility index (Phi) is 7.23. The maximum atomic E-state index is 13.6. The van der Waals surface area contributed by atoms with E-state index in [2.05, 4.69) is 22.9 Å². The second-order valence-electron chi connectivity index (χ2n) is 8.85. The van der Waals surface area contributed by atoms with Crippen molar-refractivity contribution in [3.05, 3.63) is 119 Å². The summed E-state index contributed by atoms with van der Waals surface area (Å²) in [5, 5.41) is 9.93. The standard InChI is InChI=1S/C30H28N4O2S/c1-3-20-12-10-11-17-23(20)33-30(36)34-24-18-37-29-27(24)26(21-13-6-4-7-14-21)25(19(2)31-29)28(35)32-22-15-8-5-9-16-22/h4-17,26H,3,18H2,1-2H3,(H,32,35)(H2,33,34,36). The molecule has 1 atom stereocenters. The largest absolute Gasteiger partial charge is 0.323 e. The lowest BCUT2D eigenvalue weighted by Gasteiger charge is -2.28. The molecule has 2 heterocycles. The van der Waals surface area contributed by atoms with Gasteiger partial charge in [-0.2, -0.15) is 0 Å². The second-order valence-corrected chi connectivity index (χ2v) is 9.81. The fourth-order valence-electron chi connectivity index (χ4n) is 4.72. The number of amides is 3. The first-order valence-electron chi connectivity index (χ1n) is 12.3. The highest BCUT2D eigenvalue weighted by molar-refractivity contribution is 8.15. The topological polar surface area (TPSA) is 82.6 Å². The van der Waals surface area contributed by atoms with Crippen LogP contribution in [-0.2, 0) is 11.2 Å². The molecule has 3 aromatic carbocycles. The number of fused-ring (bicyclic) bond motifs is 1. The van der Waals surface area contributed by atoms with Gasteiger partial charge in [0, 0.05) is 40.0 Å². The molecular weight excluding hydrogens is 480 g/mol. The highest BCUT2D eigenvalue weighted by atomic mass is 32.2. The number of urea groups is 1. The van der Waals surface area contributed by atoms with Crippen molar-refractivity contribution in [2.24, 2.45) is 4.99 Å². The average molecular weight is 509 g/mol. The molecular formula is C30H28N4O2S. The molecule has 0 aromatic heterocycles. The second kappa shape index (κ2) is 10.9. The molecule has 2 aliphatic heterocycles. The number of rotatable bonds is 6. The summed E-state index contributed by atoms with van der Waals surface area (Å²) in [7, 11) is 0. The number of nitrogens with zero attached hydrogens (tertiary/aromatic N) is 1. The number of para-hydroxylation sites is 2. The van der Waals surface area contributed by atoms with Crippen LogP contribution in [0.15, 0.2) is 112 Å². The van der Waals surface area contributed by atoms with Crippen molar-refractivity contribution < 1.29 is 9.59 Å². The normalized spacial score (nSPS) is 16.7. The van der Waals surface area contributed by atoms with Gasteiger partial charge in [0.05, 0.1) is 5.57 Å². The van der Waals surface area contributed by atoms with Gasteiger partial charge in [-0.3, -0.25) is 4.79 Å². The zero-order chi connectivity index (χ0) is 25.8. The van der Waals surface area contributed by atoms with Gasteiger partial charge in [-0.05, 0) is 42.7 Å².